The second-order valence-electron chi connectivity index (χ2n) is 5.30. The Kier molecular flexibility index (Phi) is 5.44. The summed E-state index contributed by atoms with van der Waals surface area (Å²) in [5, 5.41) is 26.0. The number of methoxy groups -OCH3 is 1. The molecular formula is C18H13ClN6O2. The number of anilines is 1. The number of H-pyrrole nitrogens is 1. The number of nitriles is 1. The van der Waals surface area contributed by atoms with E-state index >= 15 is 0 Å². The lowest BCUT2D eigenvalue weighted by atomic mass is 10.0. The molecule has 9 heteroatoms. The molecule has 0 unspecified atom stereocenters. The third-order valence-electron chi connectivity index (χ3n) is 3.66. The van der Waals surface area contributed by atoms with Gasteiger partial charge in [0, 0.05) is 28.0 Å². The Balaban J connectivity index is 1.97. The number of aromatic amines is 1. The normalized spacial score (nSPS) is 10.9. The second-order valence-corrected chi connectivity index (χ2v) is 5.73. The van der Waals surface area contributed by atoms with Gasteiger partial charge in [0.1, 0.15) is 17.4 Å². The molecule has 2 aromatic carbocycles. The van der Waals surface area contributed by atoms with Crippen molar-refractivity contribution in [2.75, 3.05) is 12.4 Å². The molecule has 134 valence electrons. The maximum absolute atomic E-state index is 12.9. The lowest BCUT2D eigenvalue weighted by Gasteiger charge is -2.11. The minimum Gasteiger partial charge on any atom is -0.497 e. The summed E-state index contributed by atoms with van der Waals surface area (Å²) in [6.45, 7) is 0. The number of hydrogen-bond donors (Lipinski definition) is 2. The monoisotopic (exact) mass is 380 g/mol. The standard InChI is InChI=1S/C18H13ClN6O2/c1-27-14-6-7-16(21-10-12(9-20)18-22-24-25-23-18)15(8-14)17(26)11-2-4-13(19)5-3-11/h2-8,10,21H,1H3,(H,22,23,24,25). The van der Waals surface area contributed by atoms with Gasteiger partial charge in [-0.3, -0.25) is 4.79 Å². The summed E-state index contributed by atoms with van der Waals surface area (Å²) < 4.78 is 5.22. The van der Waals surface area contributed by atoms with Crippen molar-refractivity contribution in [3.8, 4) is 11.8 Å². The number of allylic oxidation sites excluding steroid dienone is 1. The quantitative estimate of drug-likeness (QED) is 0.498. The number of hydrogen-bond acceptors (Lipinski definition) is 7. The van der Waals surface area contributed by atoms with E-state index in [0.29, 0.717) is 27.6 Å². The van der Waals surface area contributed by atoms with Crippen molar-refractivity contribution in [1.29, 1.82) is 5.26 Å². The highest BCUT2D eigenvalue weighted by molar-refractivity contribution is 6.30. The first kappa shape index (κ1) is 18.1. The summed E-state index contributed by atoms with van der Waals surface area (Å²) in [5.74, 6) is 0.448. The van der Waals surface area contributed by atoms with E-state index < -0.39 is 0 Å². The summed E-state index contributed by atoms with van der Waals surface area (Å²) in [6.07, 6.45) is 1.41. The molecule has 0 amide bonds. The van der Waals surface area contributed by atoms with Gasteiger partial charge in [-0.2, -0.15) is 10.5 Å². The molecule has 0 aliphatic heterocycles. The highest BCUT2D eigenvalue weighted by Crippen LogP contribution is 2.26. The maximum atomic E-state index is 12.9. The van der Waals surface area contributed by atoms with Crippen LogP contribution in [0.1, 0.15) is 21.7 Å². The van der Waals surface area contributed by atoms with Crippen molar-refractivity contribution in [3.05, 3.63) is 70.6 Å². The van der Waals surface area contributed by atoms with Gasteiger partial charge < -0.3 is 10.1 Å². The van der Waals surface area contributed by atoms with E-state index in [2.05, 4.69) is 25.9 Å². The summed E-state index contributed by atoms with van der Waals surface area (Å²) in [7, 11) is 1.52. The molecule has 3 rings (SSSR count). The largest absolute Gasteiger partial charge is 0.497 e. The summed E-state index contributed by atoms with van der Waals surface area (Å²) in [5.41, 5.74) is 1.49. The number of tetrazole rings is 1. The first-order valence-electron chi connectivity index (χ1n) is 7.71. The molecule has 0 aliphatic carbocycles. The molecule has 0 spiro atoms. The molecule has 0 radical (unpaired) electrons. The van der Waals surface area contributed by atoms with E-state index in [0.717, 1.165) is 0 Å². The predicted molar refractivity (Wildman–Crippen MR) is 99.3 cm³/mol. The van der Waals surface area contributed by atoms with Gasteiger partial charge in [0.25, 0.3) is 0 Å². The van der Waals surface area contributed by atoms with Crippen LogP contribution in [-0.2, 0) is 0 Å². The van der Waals surface area contributed by atoms with Crippen molar-refractivity contribution in [2.24, 2.45) is 0 Å². The van der Waals surface area contributed by atoms with Crippen LogP contribution < -0.4 is 10.1 Å². The van der Waals surface area contributed by atoms with Gasteiger partial charge in [0.15, 0.2) is 5.78 Å². The first-order chi connectivity index (χ1) is 13.1. The van der Waals surface area contributed by atoms with Crippen molar-refractivity contribution >= 4 is 28.6 Å². The Hall–Kier alpha value is -3.70. The topological polar surface area (TPSA) is 117 Å². The maximum Gasteiger partial charge on any atom is 0.216 e. The number of aromatic nitrogens is 4. The molecule has 8 nitrogen and oxygen atoms in total. The molecule has 0 saturated heterocycles. The number of benzene rings is 2. The van der Waals surface area contributed by atoms with E-state index in [4.69, 9.17) is 16.3 Å². The van der Waals surface area contributed by atoms with Crippen LogP contribution >= 0.6 is 11.6 Å². The van der Waals surface area contributed by atoms with Crippen molar-refractivity contribution in [2.45, 2.75) is 0 Å². The number of carbonyl (C=O) groups excluding carboxylic acids is 1. The molecule has 0 fully saturated rings. The summed E-state index contributed by atoms with van der Waals surface area (Å²) in [6, 6.07) is 13.6. The Bertz CT molecular complexity index is 1020. The zero-order valence-electron chi connectivity index (χ0n) is 14.1. The molecule has 0 bridgehead atoms. The fraction of sp³-hybridized carbons (Fsp3) is 0.0556. The number of ether oxygens (including phenoxy) is 1. The van der Waals surface area contributed by atoms with Crippen LogP contribution in [0.3, 0.4) is 0 Å². The number of rotatable bonds is 6. The number of ketones is 1. The van der Waals surface area contributed by atoms with Crippen LogP contribution in [0.25, 0.3) is 5.57 Å². The van der Waals surface area contributed by atoms with Crippen molar-refractivity contribution in [3.63, 3.8) is 0 Å². The van der Waals surface area contributed by atoms with E-state index in [-0.39, 0.29) is 17.2 Å². The highest BCUT2D eigenvalue weighted by Gasteiger charge is 2.15. The summed E-state index contributed by atoms with van der Waals surface area (Å²) >= 11 is 5.89. The fourth-order valence-electron chi connectivity index (χ4n) is 2.29. The van der Waals surface area contributed by atoms with Crippen molar-refractivity contribution < 1.29 is 9.53 Å². The summed E-state index contributed by atoms with van der Waals surface area (Å²) in [4.78, 5) is 12.9. The molecule has 0 saturated carbocycles. The van der Waals surface area contributed by atoms with Gasteiger partial charge >= 0.3 is 0 Å². The molecule has 27 heavy (non-hydrogen) atoms. The predicted octanol–water partition coefficient (Wildman–Crippen LogP) is 3.07. The average molecular weight is 381 g/mol. The highest BCUT2D eigenvalue weighted by atomic mass is 35.5. The Morgan fingerprint density at radius 1 is 1.30 bits per heavy atom. The average Bonchev–Trinajstić information content (AvgIpc) is 3.23. The Morgan fingerprint density at radius 3 is 2.70 bits per heavy atom. The van der Waals surface area contributed by atoms with Crippen molar-refractivity contribution in [1.82, 2.24) is 20.6 Å². The second kappa shape index (κ2) is 8.12. The number of carbonyl (C=O) groups is 1. The number of nitrogens with one attached hydrogen (secondary N) is 2. The van der Waals surface area contributed by atoms with Gasteiger partial charge in [-0.1, -0.05) is 11.6 Å². The zero-order chi connectivity index (χ0) is 19.2. The fourth-order valence-corrected chi connectivity index (χ4v) is 2.42. The van der Waals surface area contributed by atoms with Crippen LogP contribution in [0.5, 0.6) is 5.75 Å². The van der Waals surface area contributed by atoms with Crippen LogP contribution in [0.2, 0.25) is 5.02 Å². The number of halogens is 1. The minimum atomic E-state index is -0.223. The van der Waals surface area contributed by atoms with E-state index in [1.54, 1.807) is 42.5 Å². The first-order valence-corrected chi connectivity index (χ1v) is 8.09. The number of nitrogens with zero attached hydrogens (tertiary/aromatic N) is 4. The van der Waals surface area contributed by atoms with E-state index in [9.17, 15) is 10.1 Å². The van der Waals surface area contributed by atoms with Gasteiger partial charge in [0.05, 0.1) is 7.11 Å². The third kappa shape index (κ3) is 4.11. The van der Waals surface area contributed by atoms with Crippen LogP contribution in [0, 0.1) is 11.3 Å². The molecule has 1 heterocycles. The molecule has 0 atom stereocenters. The molecule has 3 aromatic rings. The molecule has 1 aromatic heterocycles. The molecule has 0 aliphatic rings. The van der Waals surface area contributed by atoms with Gasteiger partial charge in [-0.05, 0) is 47.7 Å². The van der Waals surface area contributed by atoms with Gasteiger partial charge in [-0.15, -0.1) is 10.2 Å². The SMILES string of the molecule is COc1ccc(NC=C(C#N)c2nn[nH]n2)c(C(=O)c2ccc(Cl)cc2)c1. The minimum absolute atomic E-state index is 0.143. The van der Waals surface area contributed by atoms with Crippen LogP contribution in [-0.4, -0.2) is 33.5 Å². The Labute approximate surface area is 159 Å². The lowest BCUT2D eigenvalue weighted by molar-refractivity contribution is 0.103. The van der Waals surface area contributed by atoms with Crippen LogP contribution in [0.15, 0.2) is 48.7 Å². The molecule has 2 N–H and O–H groups in total. The van der Waals surface area contributed by atoms with Crippen LogP contribution in [0.4, 0.5) is 5.69 Å². The Morgan fingerprint density at radius 2 is 2.07 bits per heavy atom. The van der Waals surface area contributed by atoms with Gasteiger partial charge in [-0.25, -0.2) is 0 Å². The van der Waals surface area contributed by atoms with Gasteiger partial charge in [0.2, 0.25) is 5.82 Å². The zero-order valence-corrected chi connectivity index (χ0v) is 14.9. The lowest BCUT2D eigenvalue weighted by Crippen LogP contribution is -2.06. The smallest absolute Gasteiger partial charge is 0.216 e. The third-order valence-corrected chi connectivity index (χ3v) is 3.91. The van der Waals surface area contributed by atoms with E-state index in [1.165, 1.54) is 13.3 Å². The van der Waals surface area contributed by atoms with E-state index in [1.807, 2.05) is 6.07 Å². The molecular weight excluding hydrogens is 368 g/mol.